The van der Waals surface area contributed by atoms with Gasteiger partial charge in [-0.1, -0.05) is 0 Å². The number of aliphatic carboxylic acids is 1. The number of anilines is 1. The van der Waals surface area contributed by atoms with Crippen molar-refractivity contribution in [2.24, 2.45) is 11.3 Å². The monoisotopic (exact) mass is 443 g/mol. The number of methoxy groups -OCH3 is 1. The van der Waals surface area contributed by atoms with Crippen LogP contribution in [-0.4, -0.2) is 77.9 Å². The number of alkyl halides is 3. The predicted molar refractivity (Wildman–Crippen MR) is 102 cm³/mol. The number of hydrogen-bond donors (Lipinski definition) is 1. The number of ether oxygens (including phenoxy) is 1. The summed E-state index contributed by atoms with van der Waals surface area (Å²) in [5, 5.41) is 15.9. The third kappa shape index (κ3) is 6.04. The third-order valence-electron chi connectivity index (χ3n) is 5.73. The van der Waals surface area contributed by atoms with Gasteiger partial charge < -0.3 is 19.6 Å². The summed E-state index contributed by atoms with van der Waals surface area (Å²) in [6, 6.07) is 1.94. The van der Waals surface area contributed by atoms with Gasteiger partial charge in [0, 0.05) is 46.1 Å². The zero-order valence-electron chi connectivity index (χ0n) is 17.2. The molecular formula is C19H24F3N5O4. The quantitative estimate of drug-likeness (QED) is 0.750. The Morgan fingerprint density at radius 3 is 2.29 bits per heavy atom. The molecule has 1 unspecified atom stereocenters. The molecule has 3 rings (SSSR count). The van der Waals surface area contributed by atoms with Crippen LogP contribution in [0.2, 0.25) is 0 Å². The Labute approximate surface area is 177 Å². The molecule has 0 saturated carbocycles. The molecule has 0 aromatic carbocycles. The van der Waals surface area contributed by atoms with E-state index in [1.807, 2.05) is 11.0 Å². The fourth-order valence-corrected chi connectivity index (χ4v) is 4.02. The second-order valence-electron chi connectivity index (χ2n) is 7.58. The van der Waals surface area contributed by atoms with Crippen LogP contribution in [0, 0.1) is 22.7 Å². The van der Waals surface area contributed by atoms with Gasteiger partial charge in [0.2, 0.25) is 11.7 Å². The summed E-state index contributed by atoms with van der Waals surface area (Å²) in [5.74, 6) is -2.02. The number of amides is 1. The first kappa shape index (κ1) is 24.3. The molecule has 0 aliphatic carbocycles. The average Bonchev–Trinajstić information content (AvgIpc) is 3.07. The minimum Gasteiger partial charge on any atom is -0.475 e. The summed E-state index contributed by atoms with van der Waals surface area (Å²) in [5.41, 5.74) is 1.10. The molecule has 3 heterocycles. The van der Waals surface area contributed by atoms with Crippen molar-refractivity contribution in [3.05, 3.63) is 18.2 Å². The molecule has 2 saturated heterocycles. The minimum atomic E-state index is -5.08. The van der Waals surface area contributed by atoms with E-state index < -0.39 is 12.1 Å². The SMILES string of the molecule is COCC1CN(C(C)=O)CC12CCN(c1cnc(C#N)nc1)CC2.O=C(O)C(F)(F)F. The second-order valence-corrected chi connectivity index (χ2v) is 7.58. The van der Waals surface area contributed by atoms with Gasteiger partial charge in [0.05, 0.1) is 24.7 Å². The van der Waals surface area contributed by atoms with Crippen molar-refractivity contribution in [3.63, 3.8) is 0 Å². The molecule has 0 radical (unpaired) electrons. The van der Waals surface area contributed by atoms with Crippen molar-refractivity contribution < 1.29 is 32.6 Å². The number of carboxylic acid groups (broad SMARTS) is 1. The van der Waals surface area contributed by atoms with Crippen LogP contribution < -0.4 is 4.90 Å². The molecule has 1 spiro atoms. The van der Waals surface area contributed by atoms with Gasteiger partial charge >= 0.3 is 12.1 Å². The lowest BCUT2D eigenvalue weighted by Crippen LogP contribution is -2.45. The van der Waals surface area contributed by atoms with Crippen LogP contribution in [0.5, 0.6) is 0 Å². The summed E-state index contributed by atoms with van der Waals surface area (Å²) >= 11 is 0. The van der Waals surface area contributed by atoms with E-state index in [0.717, 1.165) is 44.7 Å². The number of halogens is 3. The highest BCUT2D eigenvalue weighted by molar-refractivity contribution is 5.73. The van der Waals surface area contributed by atoms with Crippen LogP contribution in [-0.2, 0) is 14.3 Å². The number of hydrogen-bond acceptors (Lipinski definition) is 7. The molecule has 9 nitrogen and oxygen atoms in total. The number of carboxylic acids is 1. The summed E-state index contributed by atoms with van der Waals surface area (Å²) in [4.78, 5) is 33.0. The van der Waals surface area contributed by atoms with Crippen molar-refractivity contribution in [3.8, 4) is 6.07 Å². The van der Waals surface area contributed by atoms with E-state index in [1.165, 1.54) is 0 Å². The topological polar surface area (TPSA) is 120 Å². The number of rotatable bonds is 3. The van der Waals surface area contributed by atoms with Gasteiger partial charge in [-0.3, -0.25) is 4.79 Å². The predicted octanol–water partition coefficient (Wildman–Crippen LogP) is 1.69. The summed E-state index contributed by atoms with van der Waals surface area (Å²) in [6.45, 7) is 5.77. The first-order valence-corrected chi connectivity index (χ1v) is 9.54. The van der Waals surface area contributed by atoms with Crippen LogP contribution in [0.1, 0.15) is 25.6 Å². The van der Waals surface area contributed by atoms with Crippen LogP contribution >= 0.6 is 0 Å². The smallest absolute Gasteiger partial charge is 0.475 e. The highest BCUT2D eigenvalue weighted by Crippen LogP contribution is 2.45. The molecule has 1 atom stereocenters. The van der Waals surface area contributed by atoms with Crippen LogP contribution in [0.4, 0.5) is 18.9 Å². The first-order chi connectivity index (χ1) is 14.5. The van der Waals surface area contributed by atoms with Gasteiger partial charge in [-0.2, -0.15) is 18.4 Å². The lowest BCUT2D eigenvalue weighted by atomic mass is 9.71. The molecule has 2 aliphatic heterocycles. The van der Waals surface area contributed by atoms with Gasteiger partial charge in [-0.15, -0.1) is 0 Å². The molecular weight excluding hydrogens is 419 g/mol. The van der Waals surface area contributed by atoms with E-state index in [1.54, 1.807) is 26.4 Å². The summed E-state index contributed by atoms with van der Waals surface area (Å²) in [7, 11) is 1.73. The van der Waals surface area contributed by atoms with E-state index in [0.29, 0.717) is 12.5 Å². The van der Waals surface area contributed by atoms with Crippen LogP contribution in [0.25, 0.3) is 0 Å². The average molecular weight is 443 g/mol. The highest BCUT2D eigenvalue weighted by Gasteiger charge is 2.48. The van der Waals surface area contributed by atoms with E-state index in [4.69, 9.17) is 19.9 Å². The summed E-state index contributed by atoms with van der Waals surface area (Å²) < 4.78 is 37.2. The van der Waals surface area contributed by atoms with Crippen molar-refractivity contribution >= 4 is 17.6 Å². The molecule has 1 aromatic heterocycles. The Morgan fingerprint density at radius 1 is 1.32 bits per heavy atom. The van der Waals surface area contributed by atoms with Crippen molar-refractivity contribution in [1.29, 1.82) is 5.26 Å². The van der Waals surface area contributed by atoms with Gasteiger partial charge in [-0.25, -0.2) is 14.8 Å². The molecule has 1 N–H and O–H groups in total. The number of piperidine rings is 1. The normalized spacial score (nSPS) is 20.1. The Morgan fingerprint density at radius 2 is 1.87 bits per heavy atom. The van der Waals surface area contributed by atoms with E-state index >= 15 is 0 Å². The van der Waals surface area contributed by atoms with Crippen LogP contribution in [0.15, 0.2) is 12.4 Å². The Kier molecular flexibility index (Phi) is 7.78. The first-order valence-electron chi connectivity index (χ1n) is 9.54. The second kappa shape index (κ2) is 9.91. The van der Waals surface area contributed by atoms with Gasteiger partial charge in [-0.05, 0) is 18.3 Å². The molecule has 12 heteroatoms. The van der Waals surface area contributed by atoms with Crippen molar-refractivity contribution in [1.82, 2.24) is 14.9 Å². The minimum absolute atomic E-state index is 0.144. The lowest BCUT2D eigenvalue weighted by Gasteiger charge is -2.43. The number of likely N-dealkylation sites (tertiary alicyclic amines) is 1. The lowest BCUT2D eigenvalue weighted by molar-refractivity contribution is -0.192. The third-order valence-corrected chi connectivity index (χ3v) is 5.73. The number of nitrogens with zero attached hydrogens (tertiary/aromatic N) is 5. The molecule has 170 valence electrons. The maximum atomic E-state index is 11.8. The van der Waals surface area contributed by atoms with Crippen molar-refractivity contribution in [2.45, 2.75) is 25.9 Å². The fraction of sp³-hybridized carbons (Fsp3) is 0.632. The van der Waals surface area contributed by atoms with E-state index in [-0.39, 0.29) is 17.1 Å². The Hall–Kier alpha value is -2.94. The van der Waals surface area contributed by atoms with Gasteiger partial charge in [0.15, 0.2) is 0 Å². The molecule has 0 bridgehead atoms. The molecule has 31 heavy (non-hydrogen) atoms. The maximum absolute atomic E-state index is 11.8. The Bertz CT molecular complexity index is 817. The Balaban J connectivity index is 0.000000423. The molecule has 2 aliphatic rings. The zero-order chi connectivity index (χ0) is 23.2. The zero-order valence-corrected chi connectivity index (χ0v) is 17.2. The standard InChI is InChI=1S/C17H23N5O2.C2HF3O2/c1-13(23)22-10-14(11-24-2)17(12-22)3-5-21(6-4-17)15-8-19-16(7-18)20-9-15;3-2(4,5)1(6)7/h8-9,14H,3-6,10-12H2,1-2H3;(H,6,7). The number of aromatic nitrogens is 2. The van der Waals surface area contributed by atoms with Crippen molar-refractivity contribution in [2.75, 3.05) is 44.8 Å². The number of nitriles is 1. The summed E-state index contributed by atoms with van der Waals surface area (Å²) in [6.07, 6.45) is 0.384. The van der Waals surface area contributed by atoms with Crippen LogP contribution in [0.3, 0.4) is 0 Å². The number of carbonyl (C=O) groups excluding carboxylic acids is 1. The fourth-order valence-electron chi connectivity index (χ4n) is 4.02. The maximum Gasteiger partial charge on any atom is 0.490 e. The largest absolute Gasteiger partial charge is 0.490 e. The van der Waals surface area contributed by atoms with E-state index in [9.17, 15) is 18.0 Å². The molecule has 1 amide bonds. The van der Waals surface area contributed by atoms with Gasteiger partial charge in [0.25, 0.3) is 0 Å². The highest BCUT2D eigenvalue weighted by atomic mass is 19.4. The molecule has 1 aromatic rings. The van der Waals surface area contributed by atoms with E-state index in [2.05, 4.69) is 14.9 Å². The molecule has 2 fully saturated rings. The van der Waals surface area contributed by atoms with Gasteiger partial charge in [0.1, 0.15) is 6.07 Å². The number of carbonyl (C=O) groups is 2.